The van der Waals surface area contributed by atoms with Crippen LogP contribution in [-0.4, -0.2) is 55.5 Å². The van der Waals surface area contributed by atoms with Crippen molar-refractivity contribution in [3.63, 3.8) is 0 Å². The van der Waals surface area contributed by atoms with Crippen molar-refractivity contribution in [2.24, 2.45) is 0 Å². The Balaban J connectivity index is 1.21. The van der Waals surface area contributed by atoms with Crippen molar-refractivity contribution in [3.05, 3.63) is 53.0 Å². The highest BCUT2D eigenvalue weighted by Gasteiger charge is 2.28. The molecule has 3 heterocycles. The van der Waals surface area contributed by atoms with E-state index in [9.17, 15) is 18.0 Å². The summed E-state index contributed by atoms with van der Waals surface area (Å²) in [6, 6.07) is 11.7. The van der Waals surface area contributed by atoms with E-state index >= 15 is 0 Å². The Kier molecular flexibility index (Phi) is 6.05. The summed E-state index contributed by atoms with van der Waals surface area (Å²) in [7, 11) is -3.62. The van der Waals surface area contributed by atoms with Gasteiger partial charge in [-0.25, -0.2) is 13.2 Å². The number of nitrogens with one attached hydrogen (secondary N) is 1. The van der Waals surface area contributed by atoms with Crippen LogP contribution in [0.3, 0.4) is 0 Å². The summed E-state index contributed by atoms with van der Waals surface area (Å²) in [5, 5.41) is 2.80. The number of sulfonamides is 1. The van der Waals surface area contributed by atoms with E-state index in [1.54, 1.807) is 6.07 Å². The van der Waals surface area contributed by atoms with E-state index in [-0.39, 0.29) is 42.0 Å². The number of aryl methyl sites for hydroxylation is 1. The lowest BCUT2D eigenvalue weighted by Gasteiger charge is -2.26. The highest BCUT2D eigenvalue weighted by Crippen LogP contribution is 2.30. The van der Waals surface area contributed by atoms with Gasteiger partial charge in [0.15, 0.2) is 17.1 Å². The van der Waals surface area contributed by atoms with Crippen LogP contribution in [0.1, 0.15) is 19.3 Å². The molecule has 11 heteroatoms. The summed E-state index contributed by atoms with van der Waals surface area (Å²) in [4.78, 5) is 24.8. The first-order chi connectivity index (χ1) is 16.4. The standard InChI is InChI=1S/C23H25N3O7S/c27-22(24-14-16-15-31-19-5-1-2-6-20(19)32-16)9-12-26-18-8-7-17(13-21(18)33-23(26)28)34(29,30)25-10-3-4-11-25/h1-2,5-8,13,16H,3-4,9-12,14-15H2,(H,24,27)/t16-/m0/s1. The zero-order valence-corrected chi connectivity index (χ0v) is 19.3. The molecule has 1 fully saturated rings. The molecule has 180 valence electrons. The maximum atomic E-state index is 12.8. The minimum absolute atomic E-state index is 0.0481. The normalized spacial score (nSPS) is 18.3. The second kappa shape index (κ2) is 9.15. The smallest absolute Gasteiger partial charge is 0.419 e. The summed E-state index contributed by atoms with van der Waals surface area (Å²) < 4.78 is 45.1. The third kappa shape index (κ3) is 4.40. The van der Waals surface area contributed by atoms with E-state index in [0.29, 0.717) is 36.7 Å². The third-order valence-corrected chi connectivity index (χ3v) is 7.89. The van der Waals surface area contributed by atoms with Gasteiger partial charge in [0.05, 0.1) is 17.0 Å². The zero-order chi connectivity index (χ0) is 23.7. The van der Waals surface area contributed by atoms with Crippen molar-refractivity contribution >= 4 is 27.0 Å². The summed E-state index contributed by atoms with van der Waals surface area (Å²) >= 11 is 0. The molecule has 0 radical (unpaired) electrons. The van der Waals surface area contributed by atoms with Crippen molar-refractivity contribution in [1.29, 1.82) is 0 Å². The van der Waals surface area contributed by atoms with Crippen LogP contribution in [0.4, 0.5) is 0 Å². The maximum absolute atomic E-state index is 12.8. The molecule has 0 unspecified atom stereocenters. The summed E-state index contributed by atoms with van der Waals surface area (Å²) in [6.07, 6.45) is 1.41. The van der Waals surface area contributed by atoms with Crippen molar-refractivity contribution in [3.8, 4) is 11.5 Å². The molecule has 1 atom stereocenters. The second-order valence-corrected chi connectivity index (χ2v) is 10.2. The molecule has 1 N–H and O–H groups in total. The molecule has 2 aliphatic rings. The highest BCUT2D eigenvalue weighted by atomic mass is 32.2. The van der Waals surface area contributed by atoms with E-state index in [1.807, 2.05) is 24.3 Å². The number of carbonyl (C=O) groups excluding carboxylic acids is 1. The Hall–Kier alpha value is -3.31. The number of hydrogen-bond donors (Lipinski definition) is 1. The molecule has 1 saturated heterocycles. The monoisotopic (exact) mass is 487 g/mol. The average molecular weight is 488 g/mol. The Morgan fingerprint density at radius 1 is 1.09 bits per heavy atom. The van der Waals surface area contributed by atoms with Gasteiger partial charge in [-0.3, -0.25) is 9.36 Å². The van der Waals surface area contributed by atoms with E-state index in [4.69, 9.17) is 13.9 Å². The molecule has 0 saturated carbocycles. The van der Waals surface area contributed by atoms with E-state index in [2.05, 4.69) is 5.32 Å². The molecular weight excluding hydrogens is 462 g/mol. The summed E-state index contributed by atoms with van der Waals surface area (Å²) in [5.41, 5.74) is 0.621. The van der Waals surface area contributed by atoms with E-state index < -0.39 is 15.8 Å². The van der Waals surface area contributed by atoms with Crippen LogP contribution >= 0.6 is 0 Å². The zero-order valence-electron chi connectivity index (χ0n) is 18.4. The first-order valence-corrected chi connectivity index (χ1v) is 12.6. The molecule has 0 spiro atoms. The lowest BCUT2D eigenvalue weighted by atomic mass is 10.2. The fourth-order valence-electron chi connectivity index (χ4n) is 4.19. The van der Waals surface area contributed by atoms with Gasteiger partial charge in [0, 0.05) is 32.1 Å². The molecule has 5 rings (SSSR count). The Labute approximate surface area is 196 Å². The van der Waals surface area contributed by atoms with Crippen LogP contribution in [0, 0.1) is 0 Å². The van der Waals surface area contributed by atoms with Crippen LogP contribution in [0.25, 0.3) is 11.1 Å². The SMILES string of the molecule is O=C(CCn1c(=O)oc2cc(S(=O)(=O)N3CCCC3)ccc21)NC[C@H]1COc2ccccc2O1. The molecule has 1 aromatic heterocycles. The Morgan fingerprint density at radius 3 is 2.65 bits per heavy atom. The van der Waals surface area contributed by atoms with Crippen LogP contribution in [-0.2, 0) is 21.4 Å². The van der Waals surface area contributed by atoms with Crippen LogP contribution in [0.15, 0.2) is 56.6 Å². The van der Waals surface area contributed by atoms with Gasteiger partial charge in [-0.1, -0.05) is 12.1 Å². The molecule has 2 aromatic carbocycles. The first kappa shape index (κ1) is 22.5. The second-order valence-electron chi connectivity index (χ2n) is 8.31. The molecule has 2 aliphatic heterocycles. The lowest BCUT2D eigenvalue weighted by Crippen LogP contribution is -2.41. The van der Waals surface area contributed by atoms with Gasteiger partial charge >= 0.3 is 5.76 Å². The number of nitrogens with zero attached hydrogens (tertiary/aromatic N) is 2. The minimum atomic E-state index is -3.62. The maximum Gasteiger partial charge on any atom is 0.419 e. The number of benzene rings is 2. The predicted molar refractivity (Wildman–Crippen MR) is 122 cm³/mol. The number of hydrogen-bond acceptors (Lipinski definition) is 7. The lowest BCUT2D eigenvalue weighted by molar-refractivity contribution is -0.121. The number of ether oxygens (including phenoxy) is 2. The molecular formula is C23H25N3O7S. The number of aromatic nitrogens is 1. The van der Waals surface area contributed by atoms with E-state index in [0.717, 1.165) is 12.8 Å². The van der Waals surface area contributed by atoms with Gasteiger partial charge in [-0.2, -0.15) is 4.31 Å². The minimum Gasteiger partial charge on any atom is -0.486 e. The average Bonchev–Trinajstić information content (AvgIpc) is 3.49. The number of oxazole rings is 1. The van der Waals surface area contributed by atoms with Gasteiger partial charge in [-0.15, -0.1) is 0 Å². The predicted octanol–water partition coefficient (Wildman–Crippen LogP) is 1.73. The molecule has 34 heavy (non-hydrogen) atoms. The molecule has 0 aliphatic carbocycles. The molecule has 3 aromatic rings. The fraction of sp³-hybridized carbons (Fsp3) is 0.391. The van der Waals surface area contributed by atoms with Gasteiger partial charge in [0.25, 0.3) is 0 Å². The number of rotatable bonds is 7. The number of para-hydroxylation sites is 2. The number of carbonyl (C=O) groups is 1. The van der Waals surface area contributed by atoms with Gasteiger partial charge < -0.3 is 19.2 Å². The van der Waals surface area contributed by atoms with Crippen LogP contribution in [0.2, 0.25) is 0 Å². The number of amides is 1. The summed E-state index contributed by atoms with van der Waals surface area (Å²) in [6.45, 7) is 1.68. The van der Waals surface area contributed by atoms with Crippen molar-refractivity contribution in [1.82, 2.24) is 14.2 Å². The number of fused-ring (bicyclic) bond motifs is 2. The molecule has 0 bridgehead atoms. The van der Waals surface area contributed by atoms with Gasteiger partial charge in [-0.05, 0) is 37.1 Å². The fourth-order valence-corrected chi connectivity index (χ4v) is 5.72. The first-order valence-electron chi connectivity index (χ1n) is 11.2. The van der Waals surface area contributed by atoms with Crippen molar-refractivity contribution < 1.29 is 27.1 Å². The van der Waals surface area contributed by atoms with Crippen molar-refractivity contribution in [2.75, 3.05) is 26.2 Å². The Bertz CT molecular complexity index is 1370. The van der Waals surface area contributed by atoms with Gasteiger partial charge in [0.1, 0.15) is 12.7 Å². The highest BCUT2D eigenvalue weighted by molar-refractivity contribution is 7.89. The quantitative estimate of drug-likeness (QED) is 0.539. The van der Waals surface area contributed by atoms with Crippen molar-refractivity contribution in [2.45, 2.75) is 36.8 Å². The topological polar surface area (TPSA) is 120 Å². The third-order valence-electron chi connectivity index (χ3n) is 6.00. The van der Waals surface area contributed by atoms with Gasteiger partial charge in [0.2, 0.25) is 15.9 Å². The largest absolute Gasteiger partial charge is 0.486 e. The van der Waals surface area contributed by atoms with Crippen LogP contribution in [0.5, 0.6) is 11.5 Å². The summed E-state index contributed by atoms with van der Waals surface area (Å²) in [5.74, 6) is 0.416. The Morgan fingerprint density at radius 2 is 1.85 bits per heavy atom. The molecule has 10 nitrogen and oxygen atoms in total. The van der Waals surface area contributed by atoms with E-state index in [1.165, 1.54) is 21.0 Å². The molecule has 1 amide bonds. The van der Waals surface area contributed by atoms with Crippen LogP contribution < -0.4 is 20.5 Å².